The molecule has 0 unspecified atom stereocenters. The van der Waals surface area contributed by atoms with E-state index in [0.717, 1.165) is 16.7 Å². The van der Waals surface area contributed by atoms with E-state index in [0.29, 0.717) is 37.5 Å². The highest BCUT2D eigenvalue weighted by molar-refractivity contribution is 9.10. The average molecular weight is 581 g/mol. The minimum Gasteiger partial charge on any atom is -0.496 e. The molecule has 35 heavy (non-hydrogen) atoms. The SMILES string of the molecule is COc1cc(OC)c([C@H]2c3cc(Br)cc(C(=O)O)c3N[C@H](c3ccc(Cl)c(Cl)c3)[C@H]2C)cc1OC. The summed E-state index contributed by atoms with van der Waals surface area (Å²) in [7, 11) is 4.74. The van der Waals surface area contributed by atoms with Gasteiger partial charge in [-0.25, -0.2) is 4.79 Å². The number of carboxylic acids is 1. The van der Waals surface area contributed by atoms with Crippen LogP contribution in [0.1, 0.15) is 45.9 Å². The minimum absolute atomic E-state index is 0.0531. The number of carbonyl (C=O) groups is 1. The van der Waals surface area contributed by atoms with Gasteiger partial charge in [0, 0.05) is 22.0 Å². The van der Waals surface area contributed by atoms with Crippen molar-refractivity contribution in [1.29, 1.82) is 0 Å². The number of benzene rings is 3. The molecule has 0 bridgehead atoms. The van der Waals surface area contributed by atoms with E-state index < -0.39 is 5.97 Å². The van der Waals surface area contributed by atoms with Gasteiger partial charge in [0.15, 0.2) is 11.5 Å². The van der Waals surface area contributed by atoms with Gasteiger partial charge in [0.25, 0.3) is 0 Å². The first-order valence-electron chi connectivity index (χ1n) is 10.8. The molecule has 1 aliphatic rings. The third-order valence-electron chi connectivity index (χ3n) is 6.42. The van der Waals surface area contributed by atoms with Crippen molar-refractivity contribution in [3.8, 4) is 17.2 Å². The van der Waals surface area contributed by atoms with Gasteiger partial charge in [-0.3, -0.25) is 0 Å². The molecule has 0 amide bonds. The van der Waals surface area contributed by atoms with E-state index >= 15 is 0 Å². The third kappa shape index (κ3) is 4.65. The number of methoxy groups -OCH3 is 3. The van der Waals surface area contributed by atoms with Crippen LogP contribution in [0.2, 0.25) is 10.0 Å². The van der Waals surface area contributed by atoms with E-state index in [1.807, 2.05) is 24.3 Å². The van der Waals surface area contributed by atoms with Crippen molar-refractivity contribution < 1.29 is 24.1 Å². The van der Waals surface area contributed by atoms with Gasteiger partial charge in [-0.15, -0.1) is 0 Å². The van der Waals surface area contributed by atoms with E-state index in [4.69, 9.17) is 37.4 Å². The highest BCUT2D eigenvalue weighted by Gasteiger charge is 2.39. The Kier molecular flexibility index (Phi) is 7.40. The largest absolute Gasteiger partial charge is 0.496 e. The second-order valence-corrected chi connectivity index (χ2v) is 10.0. The van der Waals surface area contributed by atoms with Gasteiger partial charge in [0.2, 0.25) is 0 Å². The Morgan fingerprint density at radius 1 is 0.914 bits per heavy atom. The normalized spacial score (nSPS) is 18.9. The Balaban J connectivity index is 2.01. The first kappa shape index (κ1) is 25.5. The predicted molar refractivity (Wildman–Crippen MR) is 141 cm³/mol. The van der Waals surface area contributed by atoms with Crippen LogP contribution >= 0.6 is 39.1 Å². The van der Waals surface area contributed by atoms with Crippen LogP contribution in [0.25, 0.3) is 0 Å². The molecule has 1 heterocycles. The summed E-state index contributed by atoms with van der Waals surface area (Å²) in [5, 5.41) is 14.4. The van der Waals surface area contributed by atoms with Crippen LogP contribution in [0, 0.1) is 5.92 Å². The Labute approximate surface area is 222 Å². The summed E-state index contributed by atoms with van der Waals surface area (Å²) in [6, 6.07) is 12.4. The number of fused-ring (bicyclic) bond motifs is 1. The smallest absolute Gasteiger partial charge is 0.337 e. The van der Waals surface area contributed by atoms with Crippen LogP contribution in [0.4, 0.5) is 5.69 Å². The van der Waals surface area contributed by atoms with Gasteiger partial charge in [-0.05, 0) is 47.4 Å². The zero-order chi connectivity index (χ0) is 25.4. The van der Waals surface area contributed by atoms with Crippen molar-refractivity contribution >= 4 is 50.8 Å². The van der Waals surface area contributed by atoms with Crippen molar-refractivity contribution in [2.45, 2.75) is 18.9 Å². The summed E-state index contributed by atoms with van der Waals surface area (Å²) in [5.41, 5.74) is 3.26. The van der Waals surface area contributed by atoms with E-state index in [2.05, 4.69) is 28.2 Å². The van der Waals surface area contributed by atoms with Crippen molar-refractivity contribution in [3.05, 3.63) is 79.2 Å². The first-order valence-corrected chi connectivity index (χ1v) is 12.3. The molecular weight excluding hydrogens is 557 g/mol. The van der Waals surface area contributed by atoms with E-state index in [1.165, 1.54) is 0 Å². The monoisotopic (exact) mass is 579 g/mol. The third-order valence-corrected chi connectivity index (χ3v) is 7.62. The quantitative estimate of drug-likeness (QED) is 0.316. The fourth-order valence-corrected chi connectivity index (χ4v) is 5.59. The molecule has 0 aliphatic carbocycles. The molecule has 0 spiro atoms. The maximum absolute atomic E-state index is 12.2. The summed E-state index contributed by atoms with van der Waals surface area (Å²) in [4.78, 5) is 12.2. The first-order chi connectivity index (χ1) is 16.7. The lowest BCUT2D eigenvalue weighted by Gasteiger charge is -2.41. The topological polar surface area (TPSA) is 77.0 Å². The molecule has 184 valence electrons. The molecule has 0 aromatic heterocycles. The summed E-state index contributed by atoms with van der Waals surface area (Å²) in [5.74, 6) is 0.359. The standard InChI is InChI=1S/C26H24BrCl2NO5/c1-12-23(15-10-21(34-3)22(35-4)11-20(15)33-2)16-8-14(27)9-17(26(31)32)25(16)30-24(12)13-5-6-18(28)19(29)7-13/h5-12,23-24,30H,1-4H3,(H,31,32)/t12-,23-,24-/m0/s1. The van der Waals surface area contributed by atoms with Crippen LogP contribution in [-0.2, 0) is 0 Å². The van der Waals surface area contributed by atoms with Crippen molar-refractivity contribution in [2.24, 2.45) is 5.92 Å². The molecule has 0 saturated heterocycles. The Bertz CT molecular complexity index is 1300. The van der Waals surface area contributed by atoms with Crippen LogP contribution in [0.5, 0.6) is 17.2 Å². The molecule has 1 aliphatic heterocycles. The molecule has 3 atom stereocenters. The van der Waals surface area contributed by atoms with Crippen LogP contribution in [0.15, 0.2) is 46.9 Å². The van der Waals surface area contributed by atoms with E-state index in [9.17, 15) is 9.90 Å². The molecule has 3 aromatic carbocycles. The van der Waals surface area contributed by atoms with E-state index in [1.54, 1.807) is 39.5 Å². The highest BCUT2D eigenvalue weighted by atomic mass is 79.9. The maximum atomic E-state index is 12.2. The van der Waals surface area contributed by atoms with Gasteiger partial charge in [-0.1, -0.05) is 52.1 Å². The lowest BCUT2D eigenvalue weighted by atomic mass is 9.72. The van der Waals surface area contributed by atoms with Gasteiger partial charge in [0.05, 0.1) is 48.7 Å². The van der Waals surface area contributed by atoms with Gasteiger partial charge >= 0.3 is 5.97 Å². The molecule has 0 radical (unpaired) electrons. The highest BCUT2D eigenvalue weighted by Crippen LogP contribution is 2.53. The second kappa shape index (κ2) is 10.2. The number of carboxylic acid groups (broad SMARTS) is 1. The number of hydrogen-bond acceptors (Lipinski definition) is 5. The zero-order valence-electron chi connectivity index (χ0n) is 19.5. The fourth-order valence-electron chi connectivity index (χ4n) is 4.80. The number of nitrogens with one attached hydrogen (secondary N) is 1. The summed E-state index contributed by atoms with van der Waals surface area (Å²) in [6.45, 7) is 2.10. The lowest BCUT2D eigenvalue weighted by Crippen LogP contribution is -2.32. The molecule has 9 heteroatoms. The van der Waals surface area contributed by atoms with Crippen molar-refractivity contribution in [1.82, 2.24) is 0 Å². The summed E-state index contributed by atoms with van der Waals surface area (Å²) in [6.07, 6.45) is 0. The molecule has 0 fully saturated rings. The number of anilines is 1. The lowest BCUT2D eigenvalue weighted by molar-refractivity contribution is 0.0697. The van der Waals surface area contributed by atoms with Crippen molar-refractivity contribution in [3.63, 3.8) is 0 Å². The zero-order valence-corrected chi connectivity index (χ0v) is 22.6. The van der Waals surface area contributed by atoms with Gasteiger partial charge < -0.3 is 24.6 Å². The number of aromatic carboxylic acids is 1. The van der Waals surface area contributed by atoms with Crippen LogP contribution in [-0.4, -0.2) is 32.4 Å². The van der Waals surface area contributed by atoms with Crippen molar-refractivity contribution in [2.75, 3.05) is 26.6 Å². The Morgan fingerprint density at radius 2 is 1.57 bits per heavy atom. The maximum Gasteiger partial charge on any atom is 0.337 e. The Morgan fingerprint density at radius 3 is 2.17 bits per heavy atom. The summed E-state index contributed by atoms with van der Waals surface area (Å²) < 4.78 is 17.5. The van der Waals surface area contributed by atoms with Crippen LogP contribution in [0.3, 0.4) is 0 Å². The predicted octanol–water partition coefficient (Wildman–Crippen LogP) is 7.41. The number of rotatable bonds is 6. The molecule has 4 rings (SSSR count). The molecule has 6 nitrogen and oxygen atoms in total. The summed E-state index contributed by atoms with van der Waals surface area (Å²) >= 11 is 16.0. The minimum atomic E-state index is -1.03. The molecular formula is C26H24BrCl2NO5. The molecule has 0 saturated carbocycles. The number of halogens is 3. The molecule has 3 aromatic rings. The molecule has 2 N–H and O–H groups in total. The average Bonchev–Trinajstić information content (AvgIpc) is 2.84. The van der Waals surface area contributed by atoms with Gasteiger partial charge in [0.1, 0.15) is 5.75 Å². The number of ether oxygens (including phenoxy) is 3. The fraction of sp³-hybridized carbons (Fsp3) is 0.269. The Hall–Kier alpha value is -2.61. The van der Waals surface area contributed by atoms with E-state index in [-0.39, 0.29) is 23.4 Å². The second-order valence-electron chi connectivity index (χ2n) is 8.30. The van der Waals surface area contributed by atoms with Gasteiger partial charge in [-0.2, -0.15) is 0 Å². The number of hydrogen-bond donors (Lipinski definition) is 2. The van der Waals surface area contributed by atoms with Crippen LogP contribution < -0.4 is 19.5 Å².